The maximum absolute atomic E-state index is 12.4. The summed E-state index contributed by atoms with van der Waals surface area (Å²) in [6.45, 7) is 4.82. The lowest BCUT2D eigenvalue weighted by Gasteiger charge is -2.14. The summed E-state index contributed by atoms with van der Waals surface area (Å²) in [5.74, 6) is -0.991. The van der Waals surface area contributed by atoms with Crippen LogP contribution in [-0.4, -0.2) is 33.1 Å². The quantitative estimate of drug-likeness (QED) is 0.304. The third-order valence-electron chi connectivity index (χ3n) is 2.54. The largest absolute Gasteiger partial charge is 0.534 e. The van der Waals surface area contributed by atoms with Crippen LogP contribution in [0.3, 0.4) is 0 Å². The zero-order valence-electron chi connectivity index (χ0n) is 12.6. The highest BCUT2D eigenvalue weighted by Gasteiger charge is 2.48. The van der Waals surface area contributed by atoms with E-state index in [2.05, 4.69) is 15.5 Å². The first-order chi connectivity index (χ1) is 11.1. The first-order valence-electron chi connectivity index (χ1n) is 6.63. The van der Waals surface area contributed by atoms with Crippen molar-refractivity contribution in [1.82, 2.24) is 0 Å². The molecule has 0 aliphatic rings. The molecule has 1 aromatic carbocycles. The number of rotatable bonds is 8. The first kappa shape index (κ1) is 19.8. The average molecular weight is 368 g/mol. The van der Waals surface area contributed by atoms with Gasteiger partial charge in [-0.05, 0) is 31.5 Å². The van der Waals surface area contributed by atoms with Gasteiger partial charge in [0, 0.05) is 5.56 Å². The van der Waals surface area contributed by atoms with Gasteiger partial charge in [-0.25, -0.2) is 4.79 Å². The second kappa shape index (κ2) is 8.04. The normalized spacial score (nSPS) is 11.7. The Morgan fingerprint density at radius 2 is 2.00 bits per heavy atom. The topological polar surface area (TPSA) is 78.9 Å². The summed E-state index contributed by atoms with van der Waals surface area (Å²) in [7, 11) is -5.79. The minimum absolute atomic E-state index is 0.0271. The van der Waals surface area contributed by atoms with Crippen LogP contribution in [0.1, 0.15) is 12.5 Å². The number of carbonyl (C=O) groups excluding carboxylic acids is 1. The molecule has 0 saturated heterocycles. The maximum atomic E-state index is 12.4. The zero-order chi connectivity index (χ0) is 18.4. The predicted octanol–water partition coefficient (Wildman–Crippen LogP) is 2.59. The molecule has 0 atom stereocenters. The van der Waals surface area contributed by atoms with Gasteiger partial charge in [0.25, 0.3) is 0 Å². The van der Waals surface area contributed by atoms with Gasteiger partial charge in [-0.2, -0.15) is 21.6 Å². The summed E-state index contributed by atoms with van der Waals surface area (Å²) in [4.78, 5) is 11.2. The van der Waals surface area contributed by atoms with Gasteiger partial charge in [0.2, 0.25) is 0 Å². The van der Waals surface area contributed by atoms with Crippen LogP contribution in [-0.2, 0) is 26.1 Å². The lowest BCUT2D eigenvalue weighted by atomic mass is 10.1. The van der Waals surface area contributed by atoms with Gasteiger partial charge in [-0.1, -0.05) is 6.08 Å². The monoisotopic (exact) mass is 368 g/mol. The van der Waals surface area contributed by atoms with Crippen molar-refractivity contribution < 1.29 is 40.0 Å². The Morgan fingerprint density at radius 1 is 1.33 bits per heavy atom. The molecule has 0 fully saturated rings. The summed E-state index contributed by atoms with van der Waals surface area (Å²) < 4.78 is 73.2. The number of esters is 1. The molecule has 0 radical (unpaired) electrons. The van der Waals surface area contributed by atoms with E-state index in [0.717, 1.165) is 6.07 Å². The fourth-order valence-corrected chi connectivity index (χ4v) is 2.05. The van der Waals surface area contributed by atoms with Crippen LogP contribution in [0.15, 0.2) is 30.9 Å². The Labute approximate surface area is 136 Å². The van der Waals surface area contributed by atoms with Gasteiger partial charge in [0.15, 0.2) is 6.61 Å². The van der Waals surface area contributed by atoms with Gasteiger partial charge in [-0.3, -0.25) is 0 Å². The average Bonchev–Trinajstić information content (AvgIpc) is 2.46. The number of alkyl halides is 3. The van der Waals surface area contributed by atoms with E-state index in [1.807, 2.05) is 0 Å². The molecule has 24 heavy (non-hydrogen) atoms. The molecule has 0 aromatic heterocycles. The molecule has 0 amide bonds. The molecular weight excluding hydrogens is 353 g/mol. The molecule has 1 rings (SSSR count). The minimum atomic E-state index is -5.79. The molecule has 0 aliphatic heterocycles. The Morgan fingerprint density at radius 3 is 2.54 bits per heavy atom. The lowest BCUT2D eigenvalue weighted by molar-refractivity contribution is -0.145. The van der Waals surface area contributed by atoms with E-state index in [9.17, 15) is 26.4 Å². The summed E-state index contributed by atoms with van der Waals surface area (Å²) in [6.07, 6.45) is 1.37. The second-order valence-corrected chi connectivity index (χ2v) is 5.88. The van der Waals surface area contributed by atoms with Crippen molar-refractivity contribution in [3.8, 4) is 11.5 Å². The maximum Gasteiger partial charge on any atom is 0.534 e. The molecule has 1 aromatic rings. The van der Waals surface area contributed by atoms with Crippen LogP contribution in [0.5, 0.6) is 11.5 Å². The number of hydrogen-bond acceptors (Lipinski definition) is 6. The molecule has 0 aliphatic carbocycles. The van der Waals surface area contributed by atoms with E-state index < -0.39 is 34.0 Å². The minimum Gasteiger partial charge on any atom is -0.482 e. The van der Waals surface area contributed by atoms with Crippen molar-refractivity contribution >= 4 is 16.1 Å². The molecule has 6 nitrogen and oxygen atoms in total. The van der Waals surface area contributed by atoms with E-state index in [-0.39, 0.29) is 24.3 Å². The smallest absolute Gasteiger partial charge is 0.482 e. The number of hydrogen-bond donors (Lipinski definition) is 0. The SMILES string of the molecule is C=CCc1cc(OCC(=O)OCC)ccc1OS(=O)(=O)C(F)(F)F. The van der Waals surface area contributed by atoms with Gasteiger partial charge in [0.1, 0.15) is 11.5 Å². The Bertz CT molecular complexity index is 697. The molecule has 10 heteroatoms. The van der Waals surface area contributed by atoms with E-state index in [1.54, 1.807) is 6.92 Å². The molecule has 0 saturated carbocycles. The van der Waals surface area contributed by atoms with E-state index in [4.69, 9.17) is 4.74 Å². The number of halogens is 3. The van der Waals surface area contributed by atoms with Gasteiger partial charge in [0.05, 0.1) is 6.61 Å². The fourth-order valence-electron chi connectivity index (χ4n) is 1.55. The highest BCUT2D eigenvalue weighted by molar-refractivity contribution is 7.88. The standard InChI is InChI=1S/C14H15F3O6S/c1-3-5-10-8-11(22-9-13(18)21-4-2)6-7-12(10)23-24(19,20)14(15,16)17/h3,6-8H,1,4-5,9H2,2H3. The Kier molecular flexibility index (Phi) is 6.64. The van der Waals surface area contributed by atoms with E-state index >= 15 is 0 Å². The molecule has 134 valence electrons. The third kappa shape index (κ3) is 5.44. The van der Waals surface area contributed by atoms with Crippen molar-refractivity contribution in [2.45, 2.75) is 18.9 Å². The zero-order valence-corrected chi connectivity index (χ0v) is 13.4. The molecule has 0 bridgehead atoms. The number of ether oxygens (including phenoxy) is 2. The number of carbonyl (C=O) groups is 1. The van der Waals surface area contributed by atoms with E-state index in [1.165, 1.54) is 18.2 Å². The third-order valence-corrected chi connectivity index (χ3v) is 3.51. The van der Waals surface area contributed by atoms with Gasteiger partial charge in [-0.15, -0.1) is 6.58 Å². The number of allylic oxidation sites excluding steroid dienone is 1. The summed E-state index contributed by atoms with van der Waals surface area (Å²) in [6, 6.07) is 3.43. The summed E-state index contributed by atoms with van der Waals surface area (Å²) in [5.41, 5.74) is -5.45. The molecular formula is C14H15F3O6S. The van der Waals surface area contributed by atoms with E-state index in [0.29, 0.717) is 0 Å². The molecule has 0 N–H and O–H groups in total. The molecule has 0 unspecified atom stereocenters. The summed E-state index contributed by atoms with van der Waals surface area (Å²) >= 11 is 0. The van der Waals surface area contributed by atoms with Crippen LogP contribution in [0.2, 0.25) is 0 Å². The highest BCUT2D eigenvalue weighted by Crippen LogP contribution is 2.31. The van der Waals surface area contributed by atoms with Crippen LogP contribution in [0.25, 0.3) is 0 Å². The van der Waals surface area contributed by atoms with Crippen LogP contribution in [0.4, 0.5) is 13.2 Å². The first-order valence-corrected chi connectivity index (χ1v) is 8.04. The van der Waals surface area contributed by atoms with Crippen LogP contribution < -0.4 is 8.92 Å². The Hall–Kier alpha value is -2.23. The van der Waals surface area contributed by atoms with Gasteiger partial charge >= 0.3 is 21.6 Å². The predicted molar refractivity (Wildman–Crippen MR) is 78.1 cm³/mol. The van der Waals surface area contributed by atoms with Gasteiger partial charge < -0.3 is 13.7 Å². The summed E-state index contributed by atoms with van der Waals surface area (Å²) in [5, 5.41) is 0. The van der Waals surface area contributed by atoms with Crippen molar-refractivity contribution in [2.75, 3.05) is 13.2 Å². The highest BCUT2D eigenvalue weighted by atomic mass is 32.2. The Balaban J connectivity index is 2.99. The van der Waals surface area contributed by atoms with Crippen LogP contribution >= 0.6 is 0 Å². The van der Waals surface area contributed by atoms with Crippen molar-refractivity contribution in [2.24, 2.45) is 0 Å². The fraction of sp³-hybridized carbons (Fsp3) is 0.357. The molecule has 0 heterocycles. The second-order valence-electron chi connectivity index (χ2n) is 4.34. The van der Waals surface area contributed by atoms with Crippen LogP contribution in [0, 0.1) is 0 Å². The lowest BCUT2D eigenvalue weighted by Crippen LogP contribution is -2.28. The molecule has 0 spiro atoms. The van der Waals surface area contributed by atoms with Crippen molar-refractivity contribution in [3.05, 3.63) is 36.4 Å². The number of benzene rings is 1. The van der Waals surface area contributed by atoms with Crippen molar-refractivity contribution in [3.63, 3.8) is 0 Å². The van der Waals surface area contributed by atoms with Crippen molar-refractivity contribution in [1.29, 1.82) is 0 Å².